The molecular weight excluding hydrogens is 250 g/mol. The Morgan fingerprint density at radius 2 is 2.26 bits per heavy atom. The number of aryl methyl sites for hydroxylation is 1. The minimum Gasteiger partial charge on any atom is -0.481 e. The second-order valence-corrected chi connectivity index (χ2v) is 4.18. The van der Waals surface area contributed by atoms with Crippen LogP contribution in [-0.4, -0.2) is 56.0 Å². The number of aromatic nitrogens is 2. The molecule has 1 aromatic heterocycles. The van der Waals surface area contributed by atoms with Gasteiger partial charge in [0.1, 0.15) is 0 Å². The van der Waals surface area contributed by atoms with Crippen LogP contribution < -0.4 is 9.64 Å². The van der Waals surface area contributed by atoms with E-state index in [1.165, 1.54) is 7.11 Å². The van der Waals surface area contributed by atoms with E-state index >= 15 is 0 Å². The number of rotatable bonds is 3. The summed E-state index contributed by atoms with van der Waals surface area (Å²) in [7, 11) is 2.90. The molecule has 19 heavy (non-hydrogen) atoms. The highest BCUT2D eigenvalue weighted by Gasteiger charge is 2.28. The average Bonchev–Trinajstić information content (AvgIpc) is 2.45. The molecule has 0 bridgehead atoms. The molecule has 1 fully saturated rings. The third-order valence-electron chi connectivity index (χ3n) is 2.84. The summed E-state index contributed by atoms with van der Waals surface area (Å²) in [6.45, 7) is 3.30. The number of carbonyl (C=O) groups excluding carboxylic acids is 1. The molecule has 0 amide bonds. The van der Waals surface area contributed by atoms with Gasteiger partial charge in [0.25, 0.3) is 0 Å². The lowest BCUT2D eigenvalue weighted by Crippen LogP contribution is -2.47. The standard InChI is InChI=1S/C12H17N3O4/c1-8-6-10(17-2)14-12(13-8)15-4-5-19-9(7-15)11(16)18-3/h6,9H,4-5,7H2,1-3H3. The number of carbonyl (C=O) groups is 1. The Morgan fingerprint density at radius 3 is 2.95 bits per heavy atom. The summed E-state index contributed by atoms with van der Waals surface area (Å²) in [5.74, 6) is 0.655. The molecule has 1 aromatic rings. The summed E-state index contributed by atoms with van der Waals surface area (Å²) in [5, 5.41) is 0. The number of methoxy groups -OCH3 is 2. The van der Waals surface area contributed by atoms with Crippen LogP contribution in [0.15, 0.2) is 6.07 Å². The van der Waals surface area contributed by atoms with Crippen LogP contribution in [0.2, 0.25) is 0 Å². The van der Waals surface area contributed by atoms with Gasteiger partial charge in [0.2, 0.25) is 11.8 Å². The van der Waals surface area contributed by atoms with Crippen molar-refractivity contribution in [1.82, 2.24) is 9.97 Å². The molecule has 0 N–H and O–H groups in total. The molecule has 0 spiro atoms. The minimum atomic E-state index is -0.603. The van der Waals surface area contributed by atoms with Gasteiger partial charge >= 0.3 is 5.97 Å². The van der Waals surface area contributed by atoms with Gasteiger partial charge in [-0.2, -0.15) is 4.98 Å². The molecule has 1 aliphatic rings. The molecule has 2 heterocycles. The largest absolute Gasteiger partial charge is 0.481 e. The van der Waals surface area contributed by atoms with Crippen molar-refractivity contribution in [2.24, 2.45) is 0 Å². The number of anilines is 1. The third-order valence-corrected chi connectivity index (χ3v) is 2.84. The molecule has 0 aromatic carbocycles. The predicted molar refractivity (Wildman–Crippen MR) is 67.3 cm³/mol. The molecule has 1 saturated heterocycles. The van der Waals surface area contributed by atoms with E-state index in [4.69, 9.17) is 9.47 Å². The van der Waals surface area contributed by atoms with Gasteiger partial charge in [-0.1, -0.05) is 0 Å². The van der Waals surface area contributed by atoms with E-state index in [9.17, 15) is 4.79 Å². The van der Waals surface area contributed by atoms with E-state index in [-0.39, 0.29) is 5.97 Å². The van der Waals surface area contributed by atoms with E-state index < -0.39 is 6.10 Å². The summed E-state index contributed by atoms with van der Waals surface area (Å²) in [4.78, 5) is 22.0. The Bertz CT molecular complexity index is 466. The van der Waals surface area contributed by atoms with Crippen molar-refractivity contribution >= 4 is 11.9 Å². The Balaban J connectivity index is 2.17. The molecule has 0 saturated carbocycles. The Labute approximate surface area is 111 Å². The number of hydrogen-bond donors (Lipinski definition) is 0. The first-order valence-corrected chi connectivity index (χ1v) is 5.98. The predicted octanol–water partition coefficient (Wildman–Crippen LogP) is 0.172. The maximum Gasteiger partial charge on any atom is 0.336 e. The van der Waals surface area contributed by atoms with E-state index in [0.29, 0.717) is 31.5 Å². The summed E-state index contributed by atoms with van der Waals surface area (Å²) in [6.07, 6.45) is -0.603. The molecule has 2 rings (SSSR count). The summed E-state index contributed by atoms with van der Waals surface area (Å²) in [6, 6.07) is 1.75. The van der Waals surface area contributed by atoms with E-state index in [1.54, 1.807) is 13.2 Å². The zero-order valence-corrected chi connectivity index (χ0v) is 11.3. The Hall–Kier alpha value is -1.89. The van der Waals surface area contributed by atoms with Gasteiger partial charge in [0, 0.05) is 18.3 Å². The van der Waals surface area contributed by atoms with Crippen LogP contribution in [0, 0.1) is 6.92 Å². The molecule has 7 nitrogen and oxygen atoms in total. The van der Waals surface area contributed by atoms with Gasteiger partial charge < -0.3 is 19.1 Å². The van der Waals surface area contributed by atoms with Gasteiger partial charge in [-0.15, -0.1) is 0 Å². The minimum absolute atomic E-state index is 0.374. The van der Waals surface area contributed by atoms with Crippen molar-refractivity contribution < 1.29 is 19.0 Å². The number of nitrogens with zero attached hydrogens (tertiary/aromatic N) is 3. The van der Waals surface area contributed by atoms with Crippen LogP contribution in [0.1, 0.15) is 5.69 Å². The van der Waals surface area contributed by atoms with Crippen LogP contribution in [0.25, 0.3) is 0 Å². The number of ether oxygens (including phenoxy) is 3. The molecule has 1 atom stereocenters. The van der Waals surface area contributed by atoms with Crippen molar-refractivity contribution in [1.29, 1.82) is 0 Å². The molecular formula is C12H17N3O4. The zero-order chi connectivity index (χ0) is 13.8. The average molecular weight is 267 g/mol. The van der Waals surface area contributed by atoms with Crippen molar-refractivity contribution in [2.45, 2.75) is 13.0 Å². The smallest absolute Gasteiger partial charge is 0.336 e. The molecule has 0 aliphatic carbocycles. The quantitative estimate of drug-likeness (QED) is 0.723. The maximum atomic E-state index is 11.5. The Morgan fingerprint density at radius 1 is 1.47 bits per heavy atom. The summed E-state index contributed by atoms with van der Waals surface area (Å²) in [5.41, 5.74) is 0.808. The maximum absolute atomic E-state index is 11.5. The first-order chi connectivity index (χ1) is 9.13. The topological polar surface area (TPSA) is 73.8 Å². The fourth-order valence-electron chi connectivity index (χ4n) is 1.88. The highest BCUT2D eigenvalue weighted by atomic mass is 16.6. The van der Waals surface area contributed by atoms with Crippen molar-refractivity contribution in [3.63, 3.8) is 0 Å². The first kappa shape index (κ1) is 13.5. The van der Waals surface area contributed by atoms with Gasteiger partial charge in [0.05, 0.1) is 27.4 Å². The summed E-state index contributed by atoms with van der Waals surface area (Å²) < 4.78 is 15.2. The fourth-order valence-corrected chi connectivity index (χ4v) is 1.88. The van der Waals surface area contributed by atoms with E-state index in [2.05, 4.69) is 14.7 Å². The fraction of sp³-hybridized carbons (Fsp3) is 0.583. The highest BCUT2D eigenvalue weighted by molar-refractivity contribution is 5.75. The monoisotopic (exact) mass is 267 g/mol. The molecule has 7 heteroatoms. The molecule has 1 aliphatic heterocycles. The zero-order valence-electron chi connectivity index (χ0n) is 11.3. The second-order valence-electron chi connectivity index (χ2n) is 4.18. The van der Waals surface area contributed by atoms with Crippen molar-refractivity contribution in [3.05, 3.63) is 11.8 Å². The van der Waals surface area contributed by atoms with Crippen molar-refractivity contribution in [3.8, 4) is 5.88 Å². The normalized spacial score (nSPS) is 19.1. The first-order valence-electron chi connectivity index (χ1n) is 5.98. The van der Waals surface area contributed by atoms with Crippen LogP contribution in [-0.2, 0) is 14.3 Å². The van der Waals surface area contributed by atoms with Crippen LogP contribution in [0.3, 0.4) is 0 Å². The molecule has 1 unspecified atom stereocenters. The highest BCUT2D eigenvalue weighted by Crippen LogP contribution is 2.18. The van der Waals surface area contributed by atoms with Gasteiger partial charge in [-0.3, -0.25) is 0 Å². The lowest BCUT2D eigenvalue weighted by molar-refractivity contribution is -0.154. The molecule has 0 radical (unpaired) electrons. The van der Waals surface area contributed by atoms with Crippen LogP contribution in [0.5, 0.6) is 5.88 Å². The third kappa shape index (κ3) is 3.11. The van der Waals surface area contributed by atoms with E-state index in [1.807, 2.05) is 11.8 Å². The van der Waals surface area contributed by atoms with Crippen LogP contribution in [0.4, 0.5) is 5.95 Å². The Kier molecular flexibility index (Phi) is 4.16. The van der Waals surface area contributed by atoms with Crippen molar-refractivity contribution in [2.75, 3.05) is 38.8 Å². The number of esters is 1. The van der Waals surface area contributed by atoms with Gasteiger partial charge in [0.15, 0.2) is 6.10 Å². The van der Waals surface area contributed by atoms with Gasteiger partial charge in [-0.25, -0.2) is 9.78 Å². The lowest BCUT2D eigenvalue weighted by atomic mass is 10.3. The van der Waals surface area contributed by atoms with Gasteiger partial charge in [-0.05, 0) is 6.92 Å². The summed E-state index contributed by atoms with van der Waals surface area (Å²) >= 11 is 0. The van der Waals surface area contributed by atoms with E-state index in [0.717, 1.165) is 5.69 Å². The second kappa shape index (κ2) is 5.83. The SMILES string of the molecule is COC(=O)C1CN(c2nc(C)cc(OC)n2)CCO1. The lowest BCUT2D eigenvalue weighted by Gasteiger charge is -2.31. The number of hydrogen-bond acceptors (Lipinski definition) is 7. The molecule has 104 valence electrons. The van der Waals surface area contributed by atoms with Crippen LogP contribution >= 0.6 is 0 Å². The number of morpholine rings is 1.